The highest BCUT2D eigenvalue weighted by atomic mass is 16.5. The zero-order chi connectivity index (χ0) is 20.3. The van der Waals surface area contributed by atoms with Gasteiger partial charge in [-0.2, -0.15) is 5.10 Å². The Labute approximate surface area is 160 Å². The molecule has 1 heterocycles. The molecular formula is C20H18N4O4. The number of primary amides is 1. The standard InChI is InChI=1S/C20H18N4O4/c1-12-10-16(25)18(23-24(12)14-6-4-3-5-7-14)20(27)22-15-11-13(19(21)26)8-9-17(15)28-2/h3-11H,1-2H3,(H2,21,26)(H,22,27). The molecule has 0 spiro atoms. The van der Waals surface area contributed by atoms with Gasteiger partial charge in [0.2, 0.25) is 11.3 Å². The third-order valence-corrected chi connectivity index (χ3v) is 4.06. The largest absolute Gasteiger partial charge is 0.495 e. The van der Waals surface area contributed by atoms with Gasteiger partial charge in [-0.15, -0.1) is 0 Å². The molecule has 0 aliphatic carbocycles. The summed E-state index contributed by atoms with van der Waals surface area (Å²) in [6.45, 7) is 1.72. The Morgan fingerprint density at radius 2 is 1.82 bits per heavy atom. The van der Waals surface area contributed by atoms with Crippen molar-refractivity contribution in [2.24, 2.45) is 5.73 Å². The van der Waals surface area contributed by atoms with Gasteiger partial charge < -0.3 is 15.8 Å². The van der Waals surface area contributed by atoms with Gasteiger partial charge in [0.1, 0.15) is 5.75 Å². The van der Waals surface area contributed by atoms with Crippen LogP contribution in [-0.2, 0) is 0 Å². The lowest BCUT2D eigenvalue weighted by molar-refractivity contribution is 0.0994. The molecule has 0 fully saturated rings. The molecule has 3 N–H and O–H groups in total. The molecule has 1 aromatic heterocycles. The van der Waals surface area contributed by atoms with E-state index < -0.39 is 17.2 Å². The minimum Gasteiger partial charge on any atom is -0.495 e. The van der Waals surface area contributed by atoms with E-state index in [2.05, 4.69) is 10.4 Å². The van der Waals surface area contributed by atoms with Crippen LogP contribution in [0.3, 0.4) is 0 Å². The van der Waals surface area contributed by atoms with E-state index >= 15 is 0 Å². The van der Waals surface area contributed by atoms with Crippen molar-refractivity contribution in [2.45, 2.75) is 6.92 Å². The van der Waals surface area contributed by atoms with E-state index in [1.54, 1.807) is 6.92 Å². The summed E-state index contributed by atoms with van der Waals surface area (Å²) in [4.78, 5) is 36.5. The van der Waals surface area contributed by atoms with Crippen molar-refractivity contribution in [3.63, 3.8) is 0 Å². The summed E-state index contributed by atoms with van der Waals surface area (Å²) in [6.07, 6.45) is 0. The summed E-state index contributed by atoms with van der Waals surface area (Å²) in [5.74, 6) is -1.07. The summed E-state index contributed by atoms with van der Waals surface area (Å²) >= 11 is 0. The van der Waals surface area contributed by atoms with Crippen molar-refractivity contribution < 1.29 is 14.3 Å². The monoisotopic (exact) mass is 378 g/mol. The van der Waals surface area contributed by atoms with Crippen LogP contribution < -0.4 is 21.2 Å². The normalized spacial score (nSPS) is 10.4. The van der Waals surface area contributed by atoms with Crippen molar-refractivity contribution in [1.82, 2.24) is 9.78 Å². The molecule has 0 aliphatic rings. The van der Waals surface area contributed by atoms with Crippen LogP contribution >= 0.6 is 0 Å². The number of nitrogens with two attached hydrogens (primary N) is 1. The van der Waals surface area contributed by atoms with Crippen molar-refractivity contribution in [2.75, 3.05) is 12.4 Å². The van der Waals surface area contributed by atoms with Crippen LogP contribution in [0, 0.1) is 6.92 Å². The number of hydrogen-bond acceptors (Lipinski definition) is 5. The average Bonchev–Trinajstić information content (AvgIpc) is 2.68. The molecule has 0 aliphatic heterocycles. The fraction of sp³-hybridized carbons (Fsp3) is 0.100. The second kappa shape index (κ2) is 7.75. The molecule has 2 aromatic carbocycles. The van der Waals surface area contributed by atoms with Gasteiger partial charge in [0.15, 0.2) is 5.69 Å². The predicted octanol–water partition coefficient (Wildman–Crippen LogP) is 1.90. The van der Waals surface area contributed by atoms with Gasteiger partial charge in [0, 0.05) is 17.3 Å². The number of benzene rings is 2. The van der Waals surface area contributed by atoms with Crippen LogP contribution in [0.15, 0.2) is 59.4 Å². The van der Waals surface area contributed by atoms with Gasteiger partial charge in [-0.05, 0) is 37.3 Å². The molecule has 142 valence electrons. The third-order valence-electron chi connectivity index (χ3n) is 4.06. The van der Waals surface area contributed by atoms with E-state index in [4.69, 9.17) is 10.5 Å². The van der Waals surface area contributed by atoms with Crippen molar-refractivity contribution in [1.29, 1.82) is 0 Å². The number of nitrogens with zero attached hydrogens (tertiary/aromatic N) is 2. The number of nitrogens with one attached hydrogen (secondary N) is 1. The lowest BCUT2D eigenvalue weighted by Crippen LogP contribution is -2.27. The molecule has 8 heteroatoms. The zero-order valence-electron chi connectivity index (χ0n) is 15.3. The minimum absolute atomic E-state index is 0.190. The van der Waals surface area contributed by atoms with Crippen LogP contribution in [0.4, 0.5) is 5.69 Å². The number of hydrogen-bond donors (Lipinski definition) is 2. The van der Waals surface area contributed by atoms with Crippen LogP contribution in [0.1, 0.15) is 26.5 Å². The number of methoxy groups -OCH3 is 1. The van der Waals surface area contributed by atoms with Gasteiger partial charge in [-0.1, -0.05) is 18.2 Å². The summed E-state index contributed by atoms with van der Waals surface area (Å²) < 4.78 is 6.70. The Hall–Kier alpha value is -3.94. The van der Waals surface area contributed by atoms with E-state index in [1.807, 2.05) is 30.3 Å². The fourth-order valence-corrected chi connectivity index (χ4v) is 2.68. The zero-order valence-corrected chi connectivity index (χ0v) is 15.3. The van der Waals surface area contributed by atoms with Crippen molar-refractivity contribution in [3.8, 4) is 11.4 Å². The number of aryl methyl sites for hydroxylation is 1. The molecule has 28 heavy (non-hydrogen) atoms. The number of para-hydroxylation sites is 1. The Balaban J connectivity index is 2.01. The second-order valence-corrected chi connectivity index (χ2v) is 5.98. The maximum absolute atomic E-state index is 12.7. The molecule has 3 rings (SSSR count). The molecule has 0 unspecified atom stereocenters. The van der Waals surface area contributed by atoms with Crippen LogP contribution in [-0.4, -0.2) is 28.7 Å². The molecule has 2 amide bonds. The van der Waals surface area contributed by atoms with E-state index in [-0.39, 0.29) is 16.9 Å². The Morgan fingerprint density at radius 3 is 2.46 bits per heavy atom. The molecule has 3 aromatic rings. The molecule has 0 saturated heterocycles. The first-order valence-electron chi connectivity index (χ1n) is 8.36. The number of aromatic nitrogens is 2. The number of rotatable bonds is 5. The van der Waals surface area contributed by atoms with Gasteiger partial charge in [0.05, 0.1) is 18.5 Å². The average molecular weight is 378 g/mol. The summed E-state index contributed by atoms with van der Waals surface area (Å²) in [5, 5.41) is 6.78. The first kappa shape index (κ1) is 18.8. The Kier molecular flexibility index (Phi) is 5.21. The summed E-state index contributed by atoms with van der Waals surface area (Å²) in [5.41, 5.74) is 6.16. The first-order chi connectivity index (χ1) is 13.4. The van der Waals surface area contributed by atoms with Crippen LogP contribution in [0.25, 0.3) is 5.69 Å². The van der Waals surface area contributed by atoms with Crippen LogP contribution in [0.5, 0.6) is 5.75 Å². The van der Waals surface area contributed by atoms with Crippen molar-refractivity contribution in [3.05, 3.63) is 81.8 Å². The van der Waals surface area contributed by atoms with Gasteiger partial charge in [-0.25, -0.2) is 4.68 Å². The Morgan fingerprint density at radius 1 is 1.11 bits per heavy atom. The Bertz CT molecular complexity index is 1110. The third kappa shape index (κ3) is 3.75. The molecule has 0 radical (unpaired) electrons. The topological polar surface area (TPSA) is 116 Å². The molecule has 0 bridgehead atoms. The first-order valence-corrected chi connectivity index (χ1v) is 8.36. The maximum atomic E-state index is 12.7. The predicted molar refractivity (Wildman–Crippen MR) is 104 cm³/mol. The minimum atomic E-state index is -0.727. The van der Waals surface area contributed by atoms with Gasteiger partial charge in [-0.3, -0.25) is 14.4 Å². The van der Waals surface area contributed by atoms with E-state index in [9.17, 15) is 14.4 Å². The number of carbonyl (C=O) groups excluding carboxylic acids is 2. The van der Waals surface area contributed by atoms with Gasteiger partial charge >= 0.3 is 0 Å². The van der Waals surface area contributed by atoms with E-state index in [0.29, 0.717) is 17.1 Å². The smallest absolute Gasteiger partial charge is 0.280 e. The highest BCUT2D eigenvalue weighted by Crippen LogP contribution is 2.25. The van der Waals surface area contributed by atoms with Gasteiger partial charge in [0.25, 0.3) is 5.91 Å². The highest BCUT2D eigenvalue weighted by molar-refractivity contribution is 6.04. The highest BCUT2D eigenvalue weighted by Gasteiger charge is 2.18. The summed E-state index contributed by atoms with van der Waals surface area (Å²) in [7, 11) is 1.42. The second-order valence-electron chi connectivity index (χ2n) is 5.98. The van der Waals surface area contributed by atoms with Crippen molar-refractivity contribution >= 4 is 17.5 Å². The quantitative estimate of drug-likeness (QED) is 0.703. The van der Waals surface area contributed by atoms with E-state index in [1.165, 1.54) is 36.1 Å². The number of carbonyl (C=O) groups is 2. The van der Waals surface area contributed by atoms with Crippen LogP contribution in [0.2, 0.25) is 0 Å². The lowest BCUT2D eigenvalue weighted by atomic mass is 10.1. The lowest BCUT2D eigenvalue weighted by Gasteiger charge is -2.13. The number of amides is 2. The fourth-order valence-electron chi connectivity index (χ4n) is 2.68. The number of anilines is 1. The maximum Gasteiger partial charge on any atom is 0.280 e. The number of ether oxygens (including phenoxy) is 1. The summed E-state index contributed by atoms with van der Waals surface area (Å²) in [6, 6.07) is 14.8. The molecule has 0 saturated carbocycles. The molecule has 8 nitrogen and oxygen atoms in total. The molecule has 0 atom stereocenters. The SMILES string of the molecule is COc1ccc(C(N)=O)cc1NC(=O)c1nn(-c2ccccc2)c(C)cc1=O. The molecular weight excluding hydrogens is 360 g/mol. The van der Waals surface area contributed by atoms with E-state index in [0.717, 1.165) is 0 Å².